The van der Waals surface area contributed by atoms with E-state index < -0.39 is 29.3 Å². The normalized spacial score (nSPS) is 11.1. The number of alkyl halides is 3. The van der Waals surface area contributed by atoms with E-state index >= 15 is 0 Å². The number of rotatable bonds is 8. The summed E-state index contributed by atoms with van der Waals surface area (Å²) in [5.41, 5.74) is -1.11. The minimum Gasteiger partial charge on any atom is -0.494 e. The Bertz CT molecular complexity index is 792. The summed E-state index contributed by atoms with van der Waals surface area (Å²) in [5.74, 6) is -1.29. The molecule has 6 nitrogen and oxygen atoms in total. The maximum absolute atomic E-state index is 12.9. The number of aromatic nitrogens is 1. The molecule has 0 saturated carbocycles. The zero-order valence-corrected chi connectivity index (χ0v) is 14.1. The summed E-state index contributed by atoms with van der Waals surface area (Å²) in [4.78, 5) is 26.0. The van der Waals surface area contributed by atoms with E-state index in [-0.39, 0.29) is 19.6 Å². The second-order valence-corrected chi connectivity index (χ2v) is 5.57. The summed E-state index contributed by atoms with van der Waals surface area (Å²) in [6.07, 6.45) is -3.16. The number of aliphatic carboxylic acids is 1. The molecule has 0 aliphatic rings. The van der Waals surface area contributed by atoms with Crippen molar-refractivity contribution in [1.29, 1.82) is 0 Å². The third-order valence-electron chi connectivity index (χ3n) is 3.51. The molecule has 0 unspecified atom stereocenters. The van der Waals surface area contributed by atoms with Gasteiger partial charge in [-0.15, -0.1) is 0 Å². The Hall–Kier alpha value is -3.10. The number of carbonyl (C=O) groups excluding carboxylic acids is 1. The molecule has 144 valence electrons. The van der Waals surface area contributed by atoms with E-state index in [4.69, 9.17) is 9.84 Å². The highest BCUT2D eigenvalue weighted by Gasteiger charge is 2.35. The highest BCUT2D eigenvalue weighted by molar-refractivity contribution is 5.93. The molecule has 2 rings (SSSR count). The van der Waals surface area contributed by atoms with Crippen LogP contribution in [-0.4, -0.2) is 28.6 Å². The molecule has 0 spiro atoms. The van der Waals surface area contributed by atoms with Crippen LogP contribution in [-0.2, 0) is 17.5 Å². The number of carboxylic acids is 1. The fourth-order valence-electron chi connectivity index (χ4n) is 2.20. The number of hydrogen-bond acceptors (Lipinski definition) is 4. The molecule has 0 aliphatic carbocycles. The van der Waals surface area contributed by atoms with Gasteiger partial charge in [0.15, 0.2) is 0 Å². The standard InChI is InChI=1S/C18H17F3N2O4/c19-18(20,21)14-3-1-9-22-16(14)17(26)23-11-12-5-7-13(8-6-12)27-10-2-4-15(24)25/h1,3,5-9H,2,4,10-11H2,(H,23,26)(H,24,25). The van der Waals surface area contributed by atoms with Crippen LogP contribution in [0.15, 0.2) is 42.6 Å². The minimum absolute atomic E-state index is 0.0115. The van der Waals surface area contributed by atoms with Crippen molar-refractivity contribution < 1.29 is 32.6 Å². The third-order valence-corrected chi connectivity index (χ3v) is 3.51. The quantitative estimate of drug-likeness (QED) is 0.684. The van der Waals surface area contributed by atoms with Crippen molar-refractivity contribution in [2.45, 2.75) is 25.6 Å². The summed E-state index contributed by atoms with van der Waals surface area (Å²) < 4.78 is 44.1. The van der Waals surface area contributed by atoms with E-state index in [1.165, 1.54) is 0 Å². The van der Waals surface area contributed by atoms with Gasteiger partial charge in [-0.1, -0.05) is 12.1 Å². The maximum atomic E-state index is 12.9. The number of nitrogens with zero attached hydrogens (tertiary/aromatic N) is 1. The third kappa shape index (κ3) is 6.28. The molecule has 0 saturated heterocycles. The number of benzene rings is 1. The number of amides is 1. The van der Waals surface area contributed by atoms with Crippen molar-refractivity contribution >= 4 is 11.9 Å². The SMILES string of the molecule is O=C(O)CCCOc1ccc(CNC(=O)c2ncccc2C(F)(F)F)cc1. The maximum Gasteiger partial charge on any atom is 0.418 e. The summed E-state index contributed by atoms with van der Waals surface area (Å²) in [6.45, 7) is 0.272. The van der Waals surface area contributed by atoms with Gasteiger partial charge in [-0.3, -0.25) is 14.6 Å². The van der Waals surface area contributed by atoms with Gasteiger partial charge in [0.2, 0.25) is 0 Å². The predicted octanol–water partition coefficient (Wildman–Crippen LogP) is 3.27. The van der Waals surface area contributed by atoms with Crippen molar-refractivity contribution in [3.8, 4) is 5.75 Å². The molecular weight excluding hydrogens is 365 g/mol. The lowest BCUT2D eigenvalue weighted by Gasteiger charge is -2.12. The van der Waals surface area contributed by atoms with E-state index in [0.717, 1.165) is 18.3 Å². The van der Waals surface area contributed by atoms with E-state index in [9.17, 15) is 22.8 Å². The van der Waals surface area contributed by atoms with Gasteiger partial charge < -0.3 is 15.2 Å². The Morgan fingerprint density at radius 1 is 1.15 bits per heavy atom. The van der Waals surface area contributed by atoms with Crippen LogP contribution in [0.3, 0.4) is 0 Å². The van der Waals surface area contributed by atoms with Crippen LogP contribution in [0.2, 0.25) is 0 Å². The zero-order valence-electron chi connectivity index (χ0n) is 14.1. The molecule has 1 aromatic heterocycles. The van der Waals surface area contributed by atoms with Crippen molar-refractivity contribution in [3.05, 3.63) is 59.4 Å². The number of nitrogens with one attached hydrogen (secondary N) is 1. The molecule has 2 aromatic rings. The number of hydrogen-bond donors (Lipinski definition) is 2. The number of carbonyl (C=O) groups is 2. The summed E-state index contributed by atoms with van der Waals surface area (Å²) in [6, 6.07) is 8.48. The molecule has 27 heavy (non-hydrogen) atoms. The van der Waals surface area contributed by atoms with Gasteiger partial charge in [0.25, 0.3) is 5.91 Å². The summed E-state index contributed by atoms with van der Waals surface area (Å²) in [7, 11) is 0. The van der Waals surface area contributed by atoms with Crippen LogP contribution >= 0.6 is 0 Å². The molecule has 0 bridgehead atoms. The Balaban J connectivity index is 1.90. The molecule has 0 atom stereocenters. The summed E-state index contributed by atoms with van der Waals surface area (Å²) >= 11 is 0. The van der Waals surface area contributed by atoms with E-state index in [0.29, 0.717) is 17.7 Å². The molecule has 1 amide bonds. The fourth-order valence-corrected chi connectivity index (χ4v) is 2.20. The van der Waals surface area contributed by atoms with Gasteiger partial charge in [0.05, 0.1) is 12.2 Å². The zero-order chi connectivity index (χ0) is 19.9. The van der Waals surface area contributed by atoms with Crippen LogP contribution < -0.4 is 10.1 Å². The van der Waals surface area contributed by atoms with Gasteiger partial charge in [-0.05, 0) is 36.2 Å². The highest BCUT2D eigenvalue weighted by Crippen LogP contribution is 2.30. The number of ether oxygens (including phenoxy) is 1. The molecule has 1 heterocycles. The predicted molar refractivity (Wildman–Crippen MR) is 89.2 cm³/mol. The minimum atomic E-state index is -4.67. The monoisotopic (exact) mass is 382 g/mol. The average molecular weight is 382 g/mol. The first-order chi connectivity index (χ1) is 12.8. The Morgan fingerprint density at radius 2 is 1.85 bits per heavy atom. The molecule has 9 heteroatoms. The van der Waals surface area contributed by atoms with E-state index in [2.05, 4.69) is 10.3 Å². The molecule has 2 N–H and O–H groups in total. The first-order valence-corrected chi connectivity index (χ1v) is 8.01. The van der Waals surface area contributed by atoms with Crippen LogP contribution in [0.1, 0.15) is 34.5 Å². The van der Waals surface area contributed by atoms with Crippen LogP contribution in [0.25, 0.3) is 0 Å². The number of pyridine rings is 1. The second-order valence-electron chi connectivity index (χ2n) is 5.57. The average Bonchev–Trinajstić information content (AvgIpc) is 2.63. The number of carboxylic acid groups (broad SMARTS) is 1. The molecule has 0 aliphatic heterocycles. The van der Waals surface area contributed by atoms with Gasteiger partial charge in [0.1, 0.15) is 11.4 Å². The fraction of sp³-hybridized carbons (Fsp3) is 0.278. The van der Waals surface area contributed by atoms with Gasteiger partial charge >= 0.3 is 12.1 Å². The van der Waals surface area contributed by atoms with Crippen LogP contribution in [0.4, 0.5) is 13.2 Å². The summed E-state index contributed by atoms with van der Waals surface area (Å²) in [5, 5.41) is 10.9. The lowest BCUT2D eigenvalue weighted by atomic mass is 10.1. The van der Waals surface area contributed by atoms with Gasteiger partial charge in [-0.2, -0.15) is 13.2 Å². The first kappa shape index (κ1) is 20.2. The van der Waals surface area contributed by atoms with Crippen molar-refractivity contribution in [1.82, 2.24) is 10.3 Å². The van der Waals surface area contributed by atoms with Gasteiger partial charge in [-0.25, -0.2) is 0 Å². The van der Waals surface area contributed by atoms with Crippen molar-refractivity contribution in [3.63, 3.8) is 0 Å². The molecule has 1 aromatic carbocycles. The molecule has 0 radical (unpaired) electrons. The number of halogens is 3. The largest absolute Gasteiger partial charge is 0.494 e. The van der Waals surface area contributed by atoms with E-state index in [1.54, 1.807) is 24.3 Å². The van der Waals surface area contributed by atoms with Crippen molar-refractivity contribution in [2.24, 2.45) is 0 Å². The van der Waals surface area contributed by atoms with Gasteiger partial charge in [0, 0.05) is 19.2 Å². The Kier molecular flexibility index (Phi) is 6.75. The lowest BCUT2D eigenvalue weighted by molar-refractivity contribution is -0.138. The van der Waals surface area contributed by atoms with Crippen LogP contribution in [0.5, 0.6) is 5.75 Å². The first-order valence-electron chi connectivity index (χ1n) is 8.01. The smallest absolute Gasteiger partial charge is 0.418 e. The van der Waals surface area contributed by atoms with E-state index in [1.807, 2.05) is 0 Å². The lowest BCUT2D eigenvalue weighted by Crippen LogP contribution is -2.27. The molecule has 0 fully saturated rings. The molecular formula is C18H17F3N2O4. The Morgan fingerprint density at radius 3 is 2.48 bits per heavy atom. The Labute approximate surface area is 153 Å². The highest BCUT2D eigenvalue weighted by atomic mass is 19.4. The van der Waals surface area contributed by atoms with Crippen LogP contribution in [0, 0.1) is 0 Å². The second kappa shape index (κ2) is 9.02. The van der Waals surface area contributed by atoms with Crippen molar-refractivity contribution in [2.75, 3.05) is 6.61 Å². The topological polar surface area (TPSA) is 88.5 Å².